The summed E-state index contributed by atoms with van der Waals surface area (Å²) in [5.41, 5.74) is 0. The van der Waals surface area contributed by atoms with E-state index in [1.807, 2.05) is 17.5 Å². The fourth-order valence-electron chi connectivity index (χ4n) is 1.77. The Hall–Kier alpha value is -1.73. The van der Waals surface area contributed by atoms with E-state index in [1.54, 1.807) is 11.3 Å². The maximum atomic E-state index is 11.9. The van der Waals surface area contributed by atoms with Gasteiger partial charge in [0.05, 0.1) is 4.88 Å². The third-order valence-corrected chi connectivity index (χ3v) is 4.80. The summed E-state index contributed by atoms with van der Waals surface area (Å²) in [6.45, 7) is 0.644. The van der Waals surface area contributed by atoms with Gasteiger partial charge in [0.25, 0.3) is 5.91 Å². The van der Waals surface area contributed by atoms with Crippen LogP contribution in [0, 0.1) is 0 Å². The molecule has 0 bridgehead atoms. The number of aromatic nitrogens is 3. The van der Waals surface area contributed by atoms with Crippen LogP contribution in [0.25, 0.3) is 9.40 Å². The number of carbonyl (C=O) groups is 1. The zero-order chi connectivity index (χ0) is 13.1. The molecule has 1 amide bonds. The van der Waals surface area contributed by atoms with Crippen LogP contribution in [0.15, 0.2) is 23.8 Å². The van der Waals surface area contributed by atoms with Crippen molar-refractivity contribution in [2.75, 3.05) is 6.54 Å². The number of hydrogen-bond acceptors (Lipinski definition) is 5. The molecule has 0 spiro atoms. The fraction of sp³-hybridized carbons (Fsp3) is 0.250. The summed E-state index contributed by atoms with van der Waals surface area (Å²) in [6, 6.07) is 4.00. The number of fused-ring (bicyclic) bond motifs is 1. The molecule has 0 aromatic carbocycles. The van der Waals surface area contributed by atoms with Gasteiger partial charge in [-0.3, -0.25) is 9.89 Å². The maximum Gasteiger partial charge on any atom is 0.261 e. The van der Waals surface area contributed by atoms with Gasteiger partial charge in [-0.2, -0.15) is 5.10 Å². The number of aromatic amines is 1. The molecule has 3 aromatic rings. The Morgan fingerprint density at radius 2 is 2.37 bits per heavy atom. The largest absolute Gasteiger partial charge is 0.351 e. The van der Waals surface area contributed by atoms with E-state index in [-0.39, 0.29) is 5.91 Å². The van der Waals surface area contributed by atoms with Gasteiger partial charge in [0.2, 0.25) is 0 Å². The van der Waals surface area contributed by atoms with Crippen molar-refractivity contribution in [2.24, 2.45) is 0 Å². The van der Waals surface area contributed by atoms with Crippen molar-refractivity contribution < 1.29 is 4.79 Å². The Morgan fingerprint density at radius 3 is 3.16 bits per heavy atom. The second kappa shape index (κ2) is 5.50. The van der Waals surface area contributed by atoms with Gasteiger partial charge in [-0.25, -0.2) is 4.98 Å². The summed E-state index contributed by atoms with van der Waals surface area (Å²) >= 11 is 3.20. The fourth-order valence-corrected chi connectivity index (χ4v) is 3.80. The molecule has 3 heterocycles. The zero-order valence-corrected chi connectivity index (χ0v) is 11.7. The molecular weight excluding hydrogens is 280 g/mol. The van der Waals surface area contributed by atoms with Crippen LogP contribution >= 0.6 is 22.7 Å². The highest BCUT2D eigenvalue weighted by Gasteiger charge is 2.10. The molecule has 0 fully saturated rings. The van der Waals surface area contributed by atoms with Gasteiger partial charge in [0.15, 0.2) is 0 Å². The molecular formula is C12H12N4OS2. The lowest BCUT2D eigenvalue weighted by Gasteiger charge is -2.01. The lowest BCUT2D eigenvalue weighted by Crippen LogP contribution is -2.23. The lowest BCUT2D eigenvalue weighted by molar-refractivity contribution is 0.0957. The van der Waals surface area contributed by atoms with Gasteiger partial charge in [-0.05, 0) is 23.9 Å². The number of thiophene rings is 2. The summed E-state index contributed by atoms with van der Waals surface area (Å²) in [5, 5.41) is 11.6. The molecule has 5 nitrogen and oxygen atoms in total. The predicted molar refractivity (Wildman–Crippen MR) is 76.7 cm³/mol. The van der Waals surface area contributed by atoms with Crippen LogP contribution in [0.1, 0.15) is 21.9 Å². The number of carbonyl (C=O) groups excluding carboxylic acids is 1. The maximum absolute atomic E-state index is 11.9. The first-order valence-electron chi connectivity index (χ1n) is 5.92. The molecule has 98 valence electrons. The summed E-state index contributed by atoms with van der Waals surface area (Å²) in [5.74, 6) is 0.858. The number of nitrogens with zero attached hydrogens (tertiary/aromatic N) is 2. The van der Waals surface area contributed by atoms with E-state index in [4.69, 9.17) is 0 Å². The number of H-pyrrole nitrogens is 1. The van der Waals surface area contributed by atoms with Crippen molar-refractivity contribution >= 4 is 38.0 Å². The Balaban J connectivity index is 1.50. The first-order valence-corrected chi connectivity index (χ1v) is 7.62. The summed E-state index contributed by atoms with van der Waals surface area (Å²) in [4.78, 5) is 16.8. The van der Waals surface area contributed by atoms with E-state index < -0.39 is 0 Å². The van der Waals surface area contributed by atoms with Gasteiger partial charge < -0.3 is 5.32 Å². The Bertz CT molecular complexity index is 642. The van der Waals surface area contributed by atoms with E-state index in [0.717, 1.165) is 23.5 Å². The van der Waals surface area contributed by atoms with Crippen LogP contribution in [0.2, 0.25) is 0 Å². The molecule has 0 aliphatic heterocycles. The molecule has 2 N–H and O–H groups in total. The van der Waals surface area contributed by atoms with Gasteiger partial charge >= 0.3 is 0 Å². The number of nitrogens with one attached hydrogen (secondary N) is 2. The summed E-state index contributed by atoms with van der Waals surface area (Å²) in [6.07, 6.45) is 3.13. The molecule has 0 radical (unpaired) electrons. The molecule has 3 aromatic heterocycles. The second-order valence-corrected chi connectivity index (χ2v) is 6.08. The van der Waals surface area contributed by atoms with Gasteiger partial charge in [0, 0.05) is 22.4 Å². The molecule has 0 saturated carbocycles. The minimum absolute atomic E-state index is 0.00553. The van der Waals surface area contributed by atoms with E-state index in [9.17, 15) is 4.79 Å². The SMILES string of the molecule is O=C(NCCCc1ncn[nH]1)c1cc2sccc2s1. The molecule has 3 rings (SSSR count). The van der Waals surface area contributed by atoms with E-state index >= 15 is 0 Å². The van der Waals surface area contributed by atoms with E-state index in [0.29, 0.717) is 6.54 Å². The average Bonchev–Trinajstić information content (AvgIpc) is 3.09. The standard InChI is InChI=1S/C12H12N4OS2/c17-12(10-6-9-8(19-10)3-5-18-9)13-4-1-2-11-14-7-15-16-11/h3,5-7H,1-2,4H2,(H,13,17)(H,14,15,16). The van der Waals surface area contributed by atoms with Crippen LogP contribution in [-0.4, -0.2) is 27.6 Å². The predicted octanol–water partition coefficient (Wildman–Crippen LogP) is 2.44. The number of rotatable bonds is 5. The molecule has 0 unspecified atom stereocenters. The van der Waals surface area contributed by atoms with E-state index in [1.165, 1.54) is 27.1 Å². The normalized spacial score (nSPS) is 10.9. The first kappa shape index (κ1) is 12.3. The van der Waals surface area contributed by atoms with Crippen LogP contribution in [0.4, 0.5) is 0 Å². The Labute approximate surface area is 117 Å². The third kappa shape index (κ3) is 2.82. The van der Waals surface area contributed by atoms with Crippen LogP contribution in [0.3, 0.4) is 0 Å². The molecule has 0 saturated heterocycles. The van der Waals surface area contributed by atoms with Crippen molar-refractivity contribution in [3.8, 4) is 0 Å². The minimum Gasteiger partial charge on any atom is -0.351 e. The van der Waals surface area contributed by atoms with Crippen molar-refractivity contribution in [3.05, 3.63) is 34.5 Å². The van der Waals surface area contributed by atoms with E-state index in [2.05, 4.69) is 20.5 Å². The molecule has 0 aliphatic rings. The van der Waals surface area contributed by atoms with Gasteiger partial charge in [-0.1, -0.05) is 0 Å². The topological polar surface area (TPSA) is 70.7 Å². The summed E-state index contributed by atoms with van der Waals surface area (Å²) < 4.78 is 2.36. The second-order valence-electron chi connectivity index (χ2n) is 4.05. The van der Waals surface area contributed by atoms with Crippen LogP contribution in [-0.2, 0) is 6.42 Å². The van der Waals surface area contributed by atoms with Crippen LogP contribution in [0.5, 0.6) is 0 Å². The lowest BCUT2D eigenvalue weighted by atomic mass is 10.3. The van der Waals surface area contributed by atoms with Crippen molar-refractivity contribution in [1.29, 1.82) is 0 Å². The smallest absolute Gasteiger partial charge is 0.261 e. The quantitative estimate of drug-likeness (QED) is 0.710. The average molecular weight is 292 g/mol. The van der Waals surface area contributed by atoms with Crippen LogP contribution < -0.4 is 5.32 Å². The highest BCUT2D eigenvalue weighted by molar-refractivity contribution is 7.27. The van der Waals surface area contributed by atoms with Gasteiger partial charge in [-0.15, -0.1) is 22.7 Å². The van der Waals surface area contributed by atoms with Crippen molar-refractivity contribution in [1.82, 2.24) is 20.5 Å². The number of aryl methyl sites for hydroxylation is 1. The Morgan fingerprint density at radius 1 is 1.42 bits per heavy atom. The monoisotopic (exact) mass is 292 g/mol. The number of amides is 1. The number of hydrogen-bond donors (Lipinski definition) is 2. The molecule has 0 atom stereocenters. The first-order chi connectivity index (χ1) is 9.33. The van der Waals surface area contributed by atoms with Gasteiger partial charge in [0.1, 0.15) is 12.2 Å². The summed E-state index contributed by atoms with van der Waals surface area (Å²) in [7, 11) is 0. The molecule has 7 heteroatoms. The minimum atomic E-state index is 0.00553. The Kier molecular flexibility index (Phi) is 3.56. The highest BCUT2D eigenvalue weighted by atomic mass is 32.1. The van der Waals surface area contributed by atoms with Crippen molar-refractivity contribution in [3.63, 3.8) is 0 Å². The molecule has 0 aliphatic carbocycles. The third-order valence-electron chi connectivity index (χ3n) is 2.70. The zero-order valence-electron chi connectivity index (χ0n) is 10.0. The highest BCUT2D eigenvalue weighted by Crippen LogP contribution is 2.29. The molecule has 19 heavy (non-hydrogen) atoms. The van der Waals surface area contributed by atoms with Crippen molar-refractivity contribution in [2.45, 2.75) is 12.8 Å².